The number of aromatic nitrogens is 2. The average Bonchev–Trinajstić information content (AvgIpc) is 2.74. The van der Waals surface area contributed by atoms with E-state index in [4.69, 9.17) is 4.42 Å². The molecule has 0 amide bonds. The summed E-state index contributed by atoms with van der Waals surface area (Å²) in [6.45, 7) is 0.619. The van der Waals surface area contributed by atoms with Crippen molar-refractivity contribution in [3.8, 4) is 0 Å². The molecule has 0 fully saturated rings. The zero-order valence-electron chi connectivity index (χ0n) is 6.83. The number of rotatable bonds is 3. The van der Waals surface area contributed by atoms with E-state index in [9.17, 15) is 0 Å². The number of halogens is 2. The highest BCUT2D eigenvalue weighted by Gasteiger charge is 2.05. The van der Waals surface area contributed by atoms with Crippen LogP contribution in [-0.4, -0.2) is 9.59 Å². The van der Waals surface area contributed by atoms with E-state index in [1.54, 1.807) is 6.20 Å². The van der Waals surface area contributed by atoms with Crippen molar-refractivity contribution in [2.75, 3.05) is 5.32 Å². The van der Waals surface area contributed by atoms with Gasteiger partial charge in [-0.15, -0.1) is 5.10 Å². The monoisotopic (exact) mass is 337 g/mol. The number of hydrogen-bond donors (Lipinski definition) is 1. The molecule has 2 heterocycles. The van der Waals surface area contributed by atoms with Crippen LogP contribution in [-0.2, 0) is 6.54 Å². The first-order valence-electron chi connectivity index (χ1n) is 3.70. The van der Waals surface area contributed by atoms with Crippen LogP contribution in [0.1, 0.15) is 5.76 Å². The van der Waals surface area contributed by atoms with Gasteiger partial charge < -0.3 is 9.73 Å². The van der Waals surface area contributed by atoms with Crippen molar-refractivity contribution in [3.63, 3.8) is 0 Å². The largest absolute Gasteiger partial charge is 0.451 e. The van der Waals surface area contributed by atoms with E-state index in [0.717, 1.165) is 15.2 Å². The Bertz CT molecular complexity index is 395. The fraction of sp³-hybridized carbons (Fsp3) is 0.143. The van der Waals surface area contributed by atoms with Crippen LogP contribution < -0.4 is 5.32 Å². The maximum absolute atomic E-state index is 5.38. The molecule has 74 valence electrons. The van der Waals surface area contributed by atoms with Crippen LogP contribution in [0.4, 0.5) is 5.00 Å². The van der Waals surface area contributed by atoms with Crippen LogP contribution >= 0.6 is 43.4 Å². The second-order valence-electron chi connectivity index (χ2n) is 2.47. The zero-order valence-corrected chi connectivity index (χ0v) is 10.8. The molecule has 0 aliphatic heterocycles. The number of nitrogens with zero attached hydrogens (tertiary/aromatic N) is 2. The van der Waals surface area contributed by atoms with Gasteiger partial charge in [-0.05, 0) is 37.9 Å². The Morgan fingerprint density at radius 1 is 1.50 bits per heavy atom. The molecular formula is C7H5Br2N3OS. The van der Waals surface area contributed by atoms with E-state index in [1.165, 1.54) is 11.5 Å². The topological polar surface area (TPSA) is 51.0 Å². The fourth-order valence-corrected chi connectivity index (χ4v) is 1.97. The lowest BCUT2D eigenvalue weighted by molar-refractivity contribution is 0.494. The summed E-state index contributed by atoms with van der Waals surface area (Å²) in [4.78, 5) is 0. The molecule has 0 aliphatic carbocycles. The first kappa shape index (κ1) is 10.1. The van der Waals surface area contributed by atoms with Gasteiger partial charge in [-0.25, -0.2) is 0 Å². The van der Waals surface area contributed by atoms with Gasteiger partial charge in [0.25, 0.3) is 0 Å². The molecule has 1 N–H and O–H groups in total. The van der Waals surface area contributed by atoms with Crippen LogP contribution in [0.3, 0.4) is 0 Å². The summed E-state index contributed by atoms with van der Waals surface area (Å²) >= 11 is 7.93. The minimum absolute atomic E-state index is 0.619. The van der Waals surface area contributed by atoms with Crippen molar-refractivity contribution in [1.82, 2.24) is 9.59 Å². The van der Waals surface area contributed by atoms with Crippen LogP contribution in [0.2, 0.25) is 0 Å². The third kappa shape index (κ3) is 2.34. The lowest BCUT2D eigenvalue weighted by Gasteiger charge is -1.97. The molecule has 2 rings (SSSR count). The second kappa shape index (κ2) is 4.41. The molecule has 0 saturated carbocycles. The molecule has 14 heavy (non-hydrogen) atoms. The molecule has 0 bridgehead atoms. The van der Waals surface area contributed by atoms with Crippen LogP contribution in [0, 0.1) is 0 Å². The molecule has 0 unspecified atom stereocenters. The SMILES string of the molecule is Brc1cc(CNc2cnns2)oc1Br. The van der Waals surface area contributed by atoms with Gasteiger partial charge in [0, 0.05) is 11.5 Å². The minimum atomic E-state index is 0.619. The number of nitrogens with one attached hydrogen (secondary N) is 1. The summed E-state index contributed by atoms with van der Waals surface area (Å²) in [7, 11) is 0. The van der Waals surface area contributed by atoms with E-state index in [1.807, 2.05) is 6.07 Å². The van der Waals surface area contributed by atoms with E-state index < -0.39 is 0 Å². The molecule has 2 aromatic heterocycles. The van der Waals surface area contributed by atoms with Crippen molar-refractivity contribution >= 4 is 48.4 Å². The third-order valence-electron chi connectivity index (χ3n) is 1.49. The van der Waals surface area contributed by atoms with Gasteiger partial charge in [0.2, 0.25) is 0 Å². The molecule has 0 atom stereocenters. The third-order valence-corrected chi connectivity index (χ3v) is 3.83. The first-order valence-corrected chi connectivity index (χ1v) is 6.06. The molecule has 0 aromatic carbocycles. The number of hydrogen-bond acceptors (Lipinski definition) is 5. The summed E-state index contributed by atoms with van der Waals surface area (Å²) < 4.78 is 10.7. The zero-order chi connectivity index (χ0) is 9.97. The molecule has 0 spiro atoms. The van der Waals surface area contributed by atoms with Gasteiger partial charge in [0.05, 0.1) is 17.2 Å². The Kier molecular flexibility index (Phi) is 3.19. The highest BCUT2D eigenvalue weighted by molar-refractivity contribution is 9.13. The van der Waals surface area contributed by atoms with Gasteiger partial charge >= 0.3 is 0 Å². The summed E-state index contributed by atoms with van der Waals surface area (Å²) in [5, 5.41) is 7.78. The lowest BCUT2D eigenvalue weighted by Crippen LogP contribution is -1.95. The van der Waals surface area contributed by atoms with E-state index in [2.05, 4.69) is 46.8 Å². The molecular weight excluding hydrogens is 334 g/mol. The van der Waals surface area contributed by atoms with Gasteiger partial charge in [0.1, 0.15) is 10.8 Å². The van der Waals surface area contributed by atoms with E-state index in [0.29, 0.717) is 11.2 Å². The Hall–Kier alpha value is -0.400. The van der Waals surface area contributed by atoms with Crippen molar-refractivity contribution in [2.24, 2.45) is 0 Å². The van der Waals surface area contributed by atoms with E-state index in [-0.39, 0.29) is 0 Å². The van der Waals surface area contributed by atoms with Gasteiger partial charge in [0.15, 0.2) is 4.67 Å². The van der Waals surface area contributed by atoms with Crippen LogP contribution in [0.25, 0.3) is 0 Å². The van der Waals surface area contributed by atoms with Crippen LogP contribution in [0.15, 0.2) is 25.8 Å². The smallest absolute Gasteiger partial charge is 0.183 e. The molecule has 2 aromatic rings. The summed E-state index contributed by atoms with van der Waals surface area (Å²) in [6, 6.07) is 1.91. The average molecular weight is 339 g/mol. The summed E-state index contributed by atoms with van der Waals surface area (Å²) in [5.41, 5.74) is 0. The van der Waals surface area contributed by atoms with Gasteiger partial charge in [-0.2, -0.15) is 0 Å². The predicted octanol–water partition coefficient (Wildman–Crippen LogP) is 3.27. The summed E-state index contributed by atoms with van der Waals surface area (Å²) in [5.74, 6) is 0.845. The quantitative estimate of drug-likeness (QED) is 0.933. The highest BCUT2D eigenvalue weighted by atomic mass is 79.9. The normalized spacial score (nSPS) is 10.4. The van der Waals surface area contributed by atoms with Gasteiger partial charge in [-0.1, -0.05) is 4.49 Å². The van der Waals surface area contributed by atoms with Gasteiger partial charge in [-0.3, -0.25) is 0 Å². The molecule has 0 saturated heterocycles. The predicted molar refractivity (Wildman–Crippen MR) is 61.3 cm³/mol. The molecule has 4 nitrogen and oxygen atoms in total. The fourth-order valence-electron chi connectivity index (χ4n) is 0.898. The minimum Gasteiger partial charge on any atom is -0.451 e. The Morgan fingerprint density at radius 2 is 2.36 bits per heavy atom. The Labute approximate surface area is 101 Å². The number of anilines is 1. The summed E-state index contributed by atoms with van der Waals surface area (Å²) in [6.07, 6.45) is 1.68. The van der Waals surface area contributed by atoms with Crippen molar-refractivity contribution in [2.45, 2.75) is 6.54 Å². The van der Waals surface area contributed by atoms with E-state index >= 15 is 0 Å². The molecule has 7 heteroatoms. The van der Waals surface area contributed by atoms with Crippen molar-refractivity contribution in [3.05, 3.63) is 27.2 Å². The Balaban J connectivity index is 1.98. The van der Waals surface area contributed by atoms with Crippen molar-refractivity contribution in [1.29, 1.82) is 0 Å². The number of furan rings is 1. The maximum Gasteiger partial charge on any atom is 0.183 e. The Morgan fingerprint density at radius 3 is 2.93 bits per heavy atom. The van der Waals surface area contributed by atoms with Crippen LogP contribution in [0.5, 0.6) is 0 Å². The lowest BCUT2D eigenvalue weighted by atomic mass is 10.4. The standard InChI is InChI=1S/C7H5Br2N3OS/c8-5-1-4(13-7(5)9)2-10-6-3-11-12-14-6/h1,3,10H,2H2. The van der Waals surface area contributed by atoms with Crippen molar-refractivity contribution < 1.29 is 4.42 Å². The maximum atomic E-state index is 5.38. The first-order chi connectivity index (χ1) is 6.75. The molecule has 0 aliphatic rings. The second-order valence-corrected chi connectivity index (χ2v) is 4.83. The molecule has 0 radical (unpaired) electrons. The highest BCUT2D eigenvalue weighted by Crippen LogP contribution is 2.27.